The minimum atomic E-state index is -1.26. The Kier molecular flexibility index (Phi) is 5.82. The quantitative estimate of drug-likeness (QED) is 0.765. The number of amidine groups is 1. The number of aliphatic imine (C=N–C) groups is 1. The number of hydrogen-bond acceptors (Lipinski definition) is 3. The Balaban J connectivity index is 0.000000433. The number of hydrogen-bond donors (Lipinski definition) is 1. The SMILES string of the molecule is O=C1NC([O-])=NC1(c1ccccc1)c1ccccc1.[CH3][Sn+]([CH3])[CH3]. The maximum atomic E-state index is 12.3. The zero-order valence-corrected chi connectivity index (χ0v) is 16.4. The maximum absolute atomic E-state index is 12.3. The molecule has 0 radical (unpaired) electrons. The number of amides is 1. The van der Waals surface area contributed by atoms with Gasteiger partial charge in [-0.05, 0) is 11.1 Å². The van der Waals surface area contributed by atoms with Crippen LogP contribution in [0.2, 0.25) is 14.8 Å². The van der Waals surface area contributed by atoms with Gasteiger partial charge in [-0.25, -0.2) is 0 Å². The molecule has 0 aromatic heterocycles. The predicted molar refractivity (Wildman–Crippen MR) is 92.6 cm³/mol. The van der Waals surface area contributed by atoms with Crippen LogP contribution in [-0.4, -0.2) is 31.7 Å². The zero-order valence-electron chi connectivity index (χ0n) is 13.5. The summed E-state index contributed by atoms with van der Waals surface area (Å²) in [6, 6.07) is 17.6. The Morgan fingerprint density at radius 2 is 1.30 bits per heavy atom. The molecule has 1 heterocycles. The van der Waals surface area contributed by atoms with Crippen LogP contribution < -0.4 is 10.4 Å². The Morgan fingerprint density at radius 1 is 0.913 bits per heavy atom. The summed E-state index contributed by atoms with van der Waals surface area (Å²) in [5.74, 6) is -0.407. The van der Waals surface area contributed by atoms with Crippen molar-refractivity contribution in [3.63, 3.8) is 0 Å². The third kappa shape index (κ3) is 3.93. The van der Waals surface area contributed by atoms with Gasteiger partial charge in [-0.3, -0.25) is 9.79 Å². The average molecular weight is 415 g/mol. The van der Waals surface area contributed by atoms with Crippen LogP contribution in [0.5, 0.6) is 0 Å². The van der Waals surface area contributed by atoms with Crippen LogP contribution in [0, 0.1) is 0 Å². The molecule has 118 valence electrons. The molecule has 5 heteroatoms. The number of rotatable bonds is 2. The average Bonchev–Trinajstić information content (AvgIpc) is 2.84. The molecule has 0 bridgehead atoms. The molecule has 0 atom stereocenters. The van der Waals surface area contributed by atoms with E-state index in [1.807, 2.05) is 36.4 Å². The van der Waals surface area contributed by atoms with E-state index in [-0.39, 0.29) is 0 Å². The van der Waals surface area contributed by atoms with Crippen molar-refractivity contribution in [2.45, 2.75) is 20.4 Å². The van der Waals surface area contributed by atoms with E-state index in [0.717, 1.165) is 0 Å². The third-order valence-electron chi connectivity index (χ3n) is 3.20. The van der Waals surface area contributed by atoms with Crippen LogP contribution in [0.3, 0.4) is 0 Å². The van der Waals surface area contributed by atoms with Gasteiger partial charge < -0.3 is 10.4 Å². The second-order valence-corrected chi connectivity index (χ2v) is 14.4. The number of nitrogens with zero attached hydrogens (tertiary/aromatic N) is 1. The second kappa shape index (κ2) is 7.64. The van der Waals surface area contributed by atoms with Crippen LogP contribution >= 0.6 is 0 Å². The minimum absolute atomic E-state index is 0.407. The fourth-order valence-corrected chi connectivity index (χ4v) is 2.34. The van der Waals surface area contributed by atoms with Crippen molar-refractivity contribution in [1.29, 1.82) is 0 Å². The van der Waals surface area contributed by atoms with Crippen LogP contribution in [-0.2, 0) is 10.3 Å². The van der Waals surface area contributed by atoms with E-state index in [9.17, 15) is 9.90 Å². The summed E-state index contributed by atoms with van der Waals surface area (Å²) in [5.41, 5.74) is 0.105. The molecule has 2 aromatic carbocycles. The molecule has 4 nitrogen and oxygen atoms in total. The Hall–Kier alpha value is -1.82. The molecular formula is C18H20N2O2Sn. The van der Waals surface area contributed by atoms with Crippen molar-refractivity contribution in [3.05, 3.63) is 71.8 Å². The molecule has 0 aliphatic carbocycles. The molecule has 23 heavy (non-hydrogen) atoms. The van der Waals surface area contributed by atoms with Crippen LogP contribution in [0.15, 0.2) is 65.7 Å². The summed E-state index contributed by atoms with van der Waals surface area (Å²) < 4.78 is 0. The molecule has 1 aliphatic rings. The molecule has 1 N–H and O–H groups in total. The van der Waals surface area contributed by atoms with Gasteiger partial charge in [0.15, 0.2) is 5.54 Å². The second-order valence-electron chi connectivity index (χ2n) is 5.81. The van der Waals surface area contributed by atoms with Gasteiger partial charge in [0.05, 0.1) is 6.02 Å². The first-order valence-electron chi connectivity index (χ1n) is 7.43. The number of nitrogens with one attached hydrogen (secondary N) is 1. The van der Waals surface area contributed by atoms with Gasteiger partial charge in [0.25, 0.3) is 5.91 Å². The number of carbonyl (C=O) groups is 1. The standard InChI is InChI=1S/C15H12N2O2.3CH3.Sn/c18-13-15(17-14(19)16-13,11-7-3-1-4-8-11)12-9-5-2-6-10-12;;;;/h1-10H,(H2,16,17,18,19);3*1H3;/q;;;;+1/p-1. The zero-order chi connectivity index (χ0) is 16.9. The summed E-state index contributed by atoms with van der Waals surface area (Å²) in [5, 5.41) is 13.8. The molecule has 1 aliphatic heterocycles. The monoisotopic (exact) mass is 416 g/mol. The first-order chi connectivity index (χ1) is 11.0. The molecule has 0 fully saturated rings. The third-order valence-corrected chi connectivity index (χ3v) is 3.20. The molecule has 2 aromatic rings. The molecule has 0 unspecified atom stereocenters. The van der Waals surface area contributed by atoms with E-state index in [1.165, 1.54) is 0 Å². The summed E-state index contributed by atoms with van der Waals surface area (Å²) >= 11 is -0.543. The van der Waals surface area contributed by atoms with E-state index < -0.39 is 37.2 Å². The molecule has 3 rings (SSSR count). The van der Waals surface area contributed by atoms with Gasteiger partial charge >= 0.3 is 34.6 Å². The summed E-state index contributed by atoms with van der Waals surface area (Å²) in [4.78, 5) is 23.4. The van der Waals surface area contributed by atoms with Crippen LogP contribution in [0.4, 0.5) is 0 Å². The fraction of sp³-hybridized carbons (Fsp3) is 0.222. The van der Waals surface area contributed by atoms with Gasteiger partial charge in [-0.15, -0.1) is 0 Å². The van der Waals surface area contributed by atoms with Crippen molar-refractivity contribution < 1.29 is 9.90 Å². The van der Waals surface area contributed by atoms with Crippen LogP contribution in [0.25, 0.3) is 0 Å². The molecule has 1 amide bonds. The van der Waals surface area contributed by atoms with Crippen molar-refractivity contribution >= 4 is 31.7 Å². The fourth-order valence-electron chi connectivity index (χ4n) is 2.34. The molecule has 0 spiro atoms. The van der Waals surface area contributed by atoms with E-state index in [1.54, 1.807) is 24.3 Å². The van der Waals surface area contributed by atoms with Gasteiger partial charge in [0.1, 0.15) is 0 Å². The predicted octanol–water partition coefficient (Wildman–Crippen LogP) is 2.15. The summed E-state index contributed by atoms with van der Waals surface area (Å²) in [7, 11) is 0. The Morgan fingerprint density at radius 3 is 1.61 bits per heavy atom. The van der Waals surface area contributed by atoms with Crippen molar-refractivity contribution in [3.8, 4) is 0 Å². The van der Waals surface area contributed by atoms with Gasteiger partial charge in [0, 0.05) is 0 Å². The van der Waals surface area contributed by atoms with Crippen molar-refractivity contribution in [1.82, 2.24) is 5.32 Å². The summed E-state index contributed by atoms with van der Waals surface area (Å²) in [6.07, 6.45) is 0. The van der Waals surface area contributed by atoms with Gasteiger partial charge in [-0.2, -0.15) is 0 Å². The van der Waals surface area contributed by atoms with Crippen molar-refractivity contribution in [2.24, 2.45) is 4.99 Å². The van der Waals surface area contributed by atoms with E-state index in [0.29, 0.717) is 11.1 Å². The number of benzene rings is 2. The summed E-state index contributed by atoms with van der Waals surface area (Å²) in [6.45, 7) is 0. The Bertz CT molecular complexity index is 642. The molecule has 0 saturated carbocycles. The topological polar surface area (TPSA) is 64.5 Å². The van der Waals surface area contributed by atoms with E-state index >= 15 is 0 Å². The van der Waals surface area contributed by atoms with Gasteiger partial charge in [-0.1, -0.05) is 60.7 Å². The van der Waals surface area contributed by atoms with Crippen LogP contribution in [0.1, 0.15) is 11.1 Å². The molecular weight excluding hydrogens is 395 g/mol. The van der Waals surface area contributed by atoms with Gasteiger partial charge in [0.2, 0.25) is 0 Å². The number of carbonyl (C=O) groups excluding carboxylic acids is 1. The Labute approximate surface area is 144 Å². The van der Waals surface area contributed by atoms with E-state index in [4.69, 9.17) is 0 Å². The van der Waals surface area contributed by atoms with E-state index in [2.05, 4.69) is 25.1 Å². The van der Waals surface area contributed by atoms with Crippen molar-refractivity contribution in [2.75, 3.05) is 0 Å². The first-order valence-corrected chi connectivity index (χ1v) is 16.0. The normalized spacial score (nSPS) is 15.1. The molecule has 0 saturated heterocycles. The first kappa shape index (κ1) is 17.5.